The number of nitrogens with one attached hydrogen (secondary N) is 1. The van der Waals surface area contributed by atoms with Gasteiger partial charge < -0.3 is 5.32 Å². The third kappa shape index (κ3) is 2.23. The van der Waals surface area contributed by atoms with Crippen molar-refractivity contribution in [2.45, 2.75) is 33.9 Å². The van der Waals surface area contributed by atoms with E-state index in [1.165, 1.54) is 10.6 Å². The average molecular weight is 275 g/mol. The number of anilines is 1. The quantitative estimate of drug-likeness (QED) is 0.796. The summed E-state index contributed by atoms with van der Waals surface area (Å²) < 4.78 is 4.09. The van der Waals surface area contributed by atoms with Gasteiger partial charge in [-0.2, -0.15) is 5.10 Å². The molecule has 3 rings (SSSR count). The summed E-state index contributed by atoms with van der Waals surface area (Å²) in [7, 11) is 0. The highest BCUT2D eigenvalue weighted by Crippen LogP contribution is 2.21. The Bertz CT molecular complexity index is 706. The van der Waals surface area contributed by atoms with Gasteiger partial charge in [0, 0.05) is 23.8 Å². The summed E-state index contributed by atoms with van der Waals surface area (Å²) in [4.78, 5) is 6.93. The van der Waals surface area contributed by atoms with Crippen molar-refractivity contribution in [1.29, 1.82) is 0 Å². The van der Waals surface area contributed by atoms with E-state index in [2.05, 4.69) is 46.8 Å². The molecule has 0 aromatic carbocycles. The first-order chi connectivity index (χ1) is 9.17. The zero-order chi connectivity index (χ0) is 13.4. The van der Waals surface area contributed by atoms with Crippen LogP contribution >= 0.6 is 11.3 Å². The lowest BCUT2D eigenvalue weighted by molar-refractivity contribution is 0.660. The highest BCUT2D eigenvalue weighted by atomic mass is 32.1. The largest absolute Gasteiger partial charge is 0.377 e. The summed E-state index contributed by atoms with van der Waals surface area (Å²) >= 11 is 1.72. The molecule has 0 unspecified atom stereocenters. The zero-order valence-corrected chi connectivity index (χ0v) is 12.2. The number of fused-ring (bicyclic) bond motifs is 1. The van der Waals surface area contributed by atoms with E-state index < -0.39 is 0 Å². The Hall–Kier alpha value is -1.82. The number of aromatic nitrogens is 4. The van der Waals surface area contributed by atoms with E-state index in [-0.39, 0.29) is 0 Å². The van der Waals surface area contributed by atoms with Crippen LogP contribution in [0.3, 0.4) is 0 Å². The van der Waals surface area contributed by atoms with Gasteiger partial charge in [0.2, 0.25) is 0 Å². The Labute approximate surface area is 115 Å². The third-order valence-corrected chi connectivity index (χ3v) is 4.06. The third-order valence-electron chi connectivity index (χ3n) is 3.16. The van der Waals surface area contributed by atoms with E-state index in [1.54, 1.807) is 11.3 Å². The van der Waals surface area contributed by atoms with E-state index in [0.29, 0.717) is 0 Å². The molecule has 3 aromatic rings. The number of nitrogens with zero attached hydrogens (tertiary/aromatic N) is 4. The molecule has 0 aliphatic rings. The Morgan fingerprint density at radius 3 is 2.89 bits per heavy atom. The van der Waals surface area contributed by atoms with Gasteiger partial charge in [0.05, 0.1) is 29.8 Å². The second-order valence-corrected chi connectivity index (χ2v) is 5.79. The van der Waals surface area contributed by atoms with Gasteiger partial charge in [-0.05, 0) is 20.8 Å². The van der Waals surface area contributed by atoms with Crippen molar-refractivity contribution in [3.05, 3.63) is 34.9 Å². The molecule has 0 bridgehead atoms. The molecular formula is C13H17N5S. The molecule has 100 valence electrons. The standard InChI is InChI=1S/C13H17N5S/c1-4-17-8-11(5-15-17)14-6-12-10(3)16-13-18(12)7-9(2)19-13/h5,7-8,14H,4,6H2,1-3H3. The molecule has 0 atom stereocenters. The Balaban J connectivity index is 1.82. The predicted octanol–water partition coefficient (Wildman–Crippen LogP) is 2.84. The fourth-order valence-corrected chi connectivity index (χ4v) is 3.03. The Kier molecular flexibility index (Phi) is 3.02. The first-order valence-electron chi connectivity index (χ1n) is 6.37. The second kappa shape index (κ2) is 4.70. The summed E-state index contributed by atoms with van der Waals surface area (Å²) in [5.41, 5.74) is 3.34. The van der Waals surface area contributed by atoms with E-state index in [0.717, 1.165) is 29.4 Å². The van der Waals surface area contributed by atoms with Gasteiger partial charge in [0.15, 0.2) is 4.96 Å². The molecule has 3 heterocycles. The van der Waals surface area contributed by atoms with Crippen LogP contribution in [-0.4, -0.2) is 19.2 Å². The normalized spacial score (nSPS) is 11.3. The number of aryl methyl sites for hydroxylation is 3. The minimum atomic E-state index is 0.762. The molecule has 0 aliphatic heterocycles. The molecule has 19 heavy (non-hydrogen) atoms. The van der Waals surface area contributed by atoms with Crippen molar-refractivity contribution in [2.75, 3.05) is 5.32 Å². The van der Waals surface area contributed by atoms with Crippen molar-refractivity contribution < 1.29 is 0 Å². The highest BCUT2D eigenvalue weighted by Gasteiger charge is 2.10. The maximum Gasteiger partial charge on any atom is 0.194 e. The number of hydrogen-bond donors (Lipinski definition) is 1. The lowest BCUT2D eigenvalue weighted by atomic mass is 10.3. The van der Waals surface area contributed by atoms with Gasteiger partial charge in [-0.1, -0.05) is 0 Å². The smallest absolute Gasteiger partial charge is 0.194 e. The number of thiazole rings is 1. The molecule has 6 heteroatoms. The van der Waals surface area contributed by atoms with E-state index in [1.807, 2.05) is 17.1 Å². The SMILES string of the molecule is CCn1cc(NCc2c(C)nc3sc(C)cn23)cn1. The molecule has 3 aromatic heterocycles. The van der Waals surface area contributed by atoms with Crippen LogP contribution in [0.1, 0.15) is 23.2 Å². The summed E-state index contributed by atoms with van der Waals surface area (Å²) in [5.74, 6) is 0. The topological polar surface area (TPSA) is 47.2 Å². The fourth-order valence-electron chi connectivity index (χ4n) is 2.14. The molecule has 5 nitrogen and oxygen atoms in total. The first kappa shape index (κ1) is 12.2. The molecule has 0 aliphatic carbocycles. The maximum atomic E-state index is 4.59. The van der Waals surface area contributed by atoms with Crippen LogP contribution in [0, 0.1) is 13.8 Å². The van der Waals surface area contributed by atoms with E-state index in [4.69, 9.17) is 0 Å². The molecule has 0 fully saturated rings. The van der Waals surface area contributed by atoms with E-state index >= 15 is 0 Å². The van der Waals surface area contributed by atoms with Crippen LogP contribution in [0.2, 0.25) is 0 Å². The zero-order valence-electron chi connectivity index (χ0n) is 11.3. The van der Waals surface area contributed by atoms with Gasteiger partial charge in [-0.25, -0.2) is 4.98 Å². The van der Waals surface area contributed by atoms with Gasteiger partial charge in [-0.15, -0.1) is 11.3 Å². The molecular weight excluding hydrogens is 258 g/mol. The Morgan fingerprint density at radius 1 is 1.32 bits per heavy atom. The fraction of sp³-hybridized carbons (Fsp3) is 0.385. The van der Waals surface area contributed by atoms with Gasteiger partial charge >= 0.3 is 0 Å². The van der Waals surface area contributed by atoms with Crippen molar-refractivity contribution >= 4 is 22.0 Å². The van der Waals surface area contributed by atoms with Gasteiger partial charge in [-0.3, -0.25) is 9.08 Å². The predicted molar refractivity (Wildman–Crippen MR) is 77.8 cm³/mol. The summed E-state index contributed by atoms with van der Waals surface area (Å²) in [6.45, 7) is 7.90. The molecule has 0 radical (unpaired) electrons. The minimum absolute atomic E-state index is 0.762. The summed E-state index contributed by atoms with van der Waals surface area (Å²) in [6, 6.07) is 0. The van der Waals surface area contributed by atoms with Crippen LogP contribution in [0.25, 0.3) is 4.96 Å². The summed E-state index contributed by atoms with van der Waals surface area (Å²) in [6.07, 6.45) is 6.02. The maximum absolute atomic E-state index is 4.59. The van der Waals surface area contributed by atoms with Crippen molar-refractivity contribution in [2.24, 2.45) is 0 Å². The molecule has 0 saturated carbocycles. The average Bonchev–Trinajstić information content (AvgIpc) is 3.02. The molecule has 0 spiro atoms. The van der Waals surface area contributed by atoms with Crippen molar-refractivity contribution in [3.63, 3.8) is 0 Å². The lowest BCUT2D eigenvalue weighted by Gasteiger charge is -2.03. The Morgan fingerprint density at radius 2 is 2.16 bits per heavy atom. The second-order valence-electron chi connectivity index (χ2n) is 4.58. The van der Waals surface area contributed by atoms with Crippen LogP contribution < -0.4 is 5.32 Å². The van der Waals surface area contributed by atoms with E-state index in [9.17, 15) is 0 Å². The molecule has 0 saturated heterocycles. The first-order valence-corrected chi connectivity index (χ1v) is 7.19. The van der Waals surface area contributed by atoms with Crippen molar-refractivity contribution in [1.82, 2.24) is 19.2 Å². The van der Waals surface area contributed by atoms with Crippen LogP contribution in [0.4, 0.5) is 5.69 Å². The van der Waals surface area contributed by atoms with Crippen molar-refractivity contribution in [3.8, 4) is 0 Å². The highest BCUT2D eigenvalue weighted by molar-refractivity contribution is 7.17. The van der Waals surface area contributed by atoms with Gasteiger partial charge in [0.1, 0.15) is 0 Å². The summed E-state index contributed by atoms with van der Waals surface area (Å²) in [5, 5.41) is 7.66. The van der Waals surface area contributed by atoms with Crippen LogP contribution in [-0.2, 0) is 13.1 Å². The van der Waals surface area contributed by atoms with Crippen LogP contribution in [0.5, 0.6) is 0 Å². The minimum Gasteiger partial charge on any atom is -0.377 e. The monoisotopic (exact) mass is 275 g/mol. The molecule has 1 N–H and O–H groups in total. The number of rotatable bonds is 4. The number of hydrogen-bond acceptors (Lipinski definition) is 4. The molecule has 0 amide bonds. The lowest BCUT2D eigenvalue weighted by Crippen LogP contribution is -2.03. The van der Waals surface area contributed by atoms with Gasteiger partial charge in [0.25, 0.3) is 0 Å². The number of imidazole rings is 1. The van der Waals surface area contributed by atoms with Crippen LogP contribution in [0.15, 0.2) is 18.6 Å².